The zero-order valence-electron chi connectivity index (χ0n) is 19.4. The molecule has 0 radical (unpaired) electrons. The average Bonchev–Trinajstić information content (AvgIpc) is 3.18. The maximum absolute atomic E-state index is 13.8. The molecule has 2 saturated heterocycles. The van der Waals surface area contributed by atoms with Gasteiger partial charge in [-0.15, -0.1) is 0 Å². The smallest absolute Gasteiger partial charge is 0.410 e. The maximum Gasteiger partial charge on any atom is 0.410 e. The second-order valence-corrected chi connectivity index (χ2v) is 13.5. The van der Waals surface area contributed by atoms with Crippen molar-refractivity contribution in [2.24, 2.45) is 0 Å². The molecule has 7 nitrogen and oxygen atoms in total. The lowest BCUT2D eigenvalue weighted by Gasteiger charge is -2.39. The molecule has 3 atom stereocenters. The Labute approximate surface area is 194 Å². The van der Waals surface area contributed by atoms with Crippen LogP contribution in [-0.4, -0.2) is 47.3 Å². The van der Waals surface area contributed by atoms with Crippen molar-refractivity contribution >= 4 is 38.6 Å². The first-order chi connectivity index (χ1) is 14.7. The highest BCUT2D eigenvalue weighted by molar-refractivity contribution is 7.92. The summed E-state index contributed by atoms with van der Waals surface area (Å²) in [5.41, 5.74) is -0.277. The van der Waals surface area contributed by atoms with Gasteiger partial charge in [0.1, 0.15) is 16.0 Å². The van der Waals surface area contributed by atoms with Gasteiger partial charge in [0, 0.05) is 17.5 Å². The standard InChI is InChI=1S/C23H31ClN2O5S/c1-22(2,3)20-25-17-10-9-16(24)19(18(17)30-20)32(28,29)15-11-13-7-8-14(12-15)26(13)21(27)31-23(4,5)6/h9-10,13-15H,7-8,11-12H2,1-6H3/t13-,14+,15-. The van der Waals surface area contributed by atoms with Gasteiger partial charge in [-0.3, -0.25) is 0 Å². The number of amides is 1. The number of nitrogens with zero attached hydrogens (tertiary/aromatic N) is 2. The first kappa shape index (κ1) is 23.4. The van der Waals surface area contributed by atoms with Gasteiger partial charge in [0.25, 0.3) is 0 Å². The Bertz CT molecular complexity index is 1150. The van der Waals surface area contributed by atoms with E-state index in [4.69, 9.17) is 20.8 Å². The number of hydrogen-bond donors (Lipinski definition) is 0. The number of halogens is 1. The van der Waals surface area contributed by atoms with E-state index in [-0.39, 0.29) is 39.1 Å². The summed E-state index contributed by atoms with van der Waals surface area (Å²) in [4.78, 5) is 19.0. The van der Waals surface area contributed by atoms with Crippen LogP contribution in [0.5, 0.6) is 0 Å². The van der Waals surface area contributed by atoms with E-state index in [0.29, 0.717) is 24.2 Å². The van der Waals surface area contributed by atoms with Gasteiger partial charge < -0.3 is 14.1 Å². The number of benzene rings is 1. The van der Waals surface area contributed by atoms with Gasteiger partial charge in [-0.1, -0.05) is 32.4 Å². The predicted molar refractivity (Wildman–Crippen MR) is 123 cm³/mol. The molecule has 1 aromatic carbocycles. The van der Waals surface area contributed by atoms with Crippen molar-refractivity contribution in [2.45, 2.75) is 100 Å². The summed E-state index contributed by atoms with van der Waals surface area (Å²) in [6, 6.07) is 2.92. The fourth-order valence-electron chi connectivity index (χ4n) is 4.69. The van der Waals surface area contributed by atoms with Gasteiger partial charge in [0.15, 0.2) is 15.4 Å². The van der Waals surface area contributed by atoms with Gasteiger partial charge in [0.05, 0.1) is 10.3 Å². The highest BCUT2D eigenvalue weighted by Crippen LogP contribution is 2.43. The molecule has 0 unspecified atom stereocenters. The second-order valence-electron chi connectivity index (χ2n) is 10.9. The lowest BCUT2D eigenvalue weighted by atomic mass is 9.97. The van der Waals surface area contributed by atoms with E-state index in [0.717, 1.165) is 12.8 Å². The molecule has 176 valence electrons. The number of carbonyl (C=O) groups is 1. The van der Waals surface area contributed by atoms with Crippen LogP contribution in [0.2, 0.25) is 5.02 Å². The molecular formula is C23H31ClN2O5S. The molecule has 4 rings (SSSR count). The number of hydrogen-bond acceptors (Lipinski definition) is 6. The Morgan fingerprint density at radius 2 is 1.72 bits per heavy atom. The lowest BCUT2D eigenvalue weighted by Crippen LogP contribution is -2.51. The molecule has 0 saturated carbocycles. The normalized spacial score (nSPS) is 24.2. The Morgan fingerprint density at radius 1 is 1.12 bits per heavy atom. The minimum Gasteiger partial charge on any atom is -0.444 e. The van der Waals surface area contributed by atoms with Crippen molar-refractivity contribution in [3.05, 3.63) is 23.0 Å². The molecule has 1 aromatic heterocycles. The third-order valence-electron chi connectivity index (χ3n) is 6.12. The number of sulfone groups is 1. The molecule has 0 N–H and O–H groups in total. The van der Waals surface area contributed by atoms with Crippen molar-refractivity contribution in [1.82, 2.24) is 9.88 Å². The van der Waals surface area contributed by atoms with Crippen LogP contribution < -0.4 is 0 Å². The number of piperidine rings is 1. The van der Waals surface area contributed by atoms with Crippen LogP contribution in [0.15, 0.2) is 21.4 Å². The third-order valence-corrected chi connectivity index (χ3v) is 8.79. The topological polar surface area (TPSA) is 89.7 Å². The van der Waals surface area contributed by atoms with Gasteiger partial charge in [0.2, 0.25) is 5.89 Å². The summed E-state index contributed by atoms with van der Waals surface area (Å²) in [6.45, 7) is 11.4. The van der Waals surface area contributed by atoms with E-state index in [1.165, 1.54) is 0 Å². The Hall–Kier alpha value is -1.80. The SMILES string of the molecule is CC(C)(C)OC(=O)N1[C@@H]2CC[C@H]1C[C@H](S(=O)(=O)c1c(Cl)ccc3nc(C(C)(C)C)oc13)C2. The minimum atomic E-state index is -3.81. The number of ether oxygens (including phenoxy) is 1. The van der Waals surface area contributed by atoms with Crippen molar-refractivity contribution in [2.75, 3.05) is 0 Å². The number of oxazole rings is 1. The van der Waals surface area contributed by atoms with Crippen LogP contribution in [0.25, 0.3) is 11.1 Å². The Kier molecular flexibility index (Phi) is 5.56. The van der Waals surface area contributed by atoms with E-state index >= 15 is 0 Å². The van der Waals surface area contributed by atoms with E-state index in [1.807, 2.05) is 41.5 Å². The zero-order chi connectivity index (χ0) is 23.6. The summed E-state index contributed by atoms with van der Waals surface area (Å²) in [5, 5.41) is -0.513. The zero-order valence-corrected chi connectivity index (χ0v) is 21.0. The van der Waals surface area contributed by atoms with Crippen LogP contribution in [0.3, 0.4) is 0 Å². The molecule has 3 heterocycles. The summed E-state index contributed by atoms with van der Waals surface area (Å²) in [7, 11) is -3.81. The van der Waals surface area contributed by atoms with E-state index < -0.39 is 20.7 Å². The first-order valence-electron chi connectivity index (χ1n) is 11.0. The monoisotopic (exact) mass is 482 g/mol. The van der Waals surface area contributed by atoms with Crippen molar-refractivity contribution in [1.29, 1.82) is 0 Å². The van der Waals surface area contributed by atoms with Crippen molar-refractivity contribution < 1.29 is 22.4 Å². The molecule has 0 spiro atoms. The van der Waals surface area contributed by atoms with Gasteiger partial charge in [-0.2, -0.15) is 0 Å². The molecule has 32 heavy (non-hydrogen) atoms. The molecular weight excluding hydrogens is 452 g/mol. The molecule has 1 amide bonds. The highest BCUT2D eigenvalue weighted by Gasteiger charge is 2.49. The summed E-state index contributed by atoms with van der Waals surface area (Å²) in [6.07, 6.45) is 1.87. The molecule has 2 aliphatic rings. The Balaban J connectivity index is 1.68. The molecule has 2 fully saturated rings. The summed E-state index contributed by atoms with van der Waals surface area (Å²) in [5.74, 6) is 0.464. The van der Waals surface area contributed by atoms with E-state index in [2.05, 4.69) is 4.98 Å². The van der Waals surface area contributed by atoms with Crippen LogP contribution in [0, 0.1) is 0 Å². The molecule has 2 bridgehead atoms. The average molecular weight is 483 g/mol. The molecule has 9 heteroatoms. The van der Waals surface area contributed by atoms with Crippen molar-refractivity contribution in [3.8, 4) is 0 Å². The highest BCUT2D eigenvalue weighted by atomic mass is 35.5. The largest absolute Gasteiger partial charge is 0.444 e. The van der Waals surface area contributed by atoms with Gasteiger partial charge >= 0.3 is 6.09 Å². The van der Waals surface area contributed by atoms with Crippen LogP contribution in [0.1, 0.15) is 73.1 Å². The number of fused-ring (bicyclic) bond motifs is 3. The predicted octanol–water partition coefficient (Wildman–Crippen LogP) is 5.48. The molecule has 0 aliphatic carbocycles. The number of aromatic nitrogens is 1. The fourth-order valence-corrected chi connectivity index (χ4v) is 7.19. The fraction of sp³-hybridized carbons (Fsp3) is 0.652. The minimum absolute atomic E-state index is 0.00906. The second kappa shape index (κ2) is 7.62. The summed E-state index contributed by atoms with van der Waals surface area (Å²) >= 11 is 6.42. The van der Waals surface area contributed by atoms with Crippen LogP contribution in [0.4, 0.5) is 4.79 Å². The first-order valence-corrected chi connectivity index (χ1v) is 13.0. The quantitative estimate of drug-likeness (QED) is 0.562. The van der Waals surface area contributed by atoms with Crippen molar-refractivity contribution in [3.63, 3.8) is 0 Å². The van der Waals surface area contributed by atoms with E-state index in [1.54, 1.807) is 17.0 Å². The van der Waals surface area contributed by atoms with Crippen LogP contribution >= 0.6 is 11.6 Å². The Morgan fingerprint density at radius 3 is 2.25 bits per heavy atom. The maximum atomic E-state index is 13.8. The lowest BCUT2D eigenvalue weighted by molar-refractivity contribution is 0.00813. The van der Waals surface area contributed by atoms with Gasteiger partial charge in [-0.05, 0) is 58.6 Å². The van der Waals surface area contributed by atoms with Crippen LogP contribution in [-0.2, 0) is 20.0 Å². The van der Waals surface area contributed by atoms with Gasteiger partial charge in [-0.25, -0.2) is 18.2 Å². The molecule has 2 aliphatic heterocycles. The van der Waals surface area contributed by atoms with E-state index in [9.17, 15) is 13.2 Å². The summed E-state index contributed by atoms with van der Waals surface area (Å²) < 4.78 is 39.1. The third kappa shape index (κ3) is 4.12. The number of rotatable bonds is 2. The molecule has 2 aromatic rings. The number of carbonyl (C=O) groups excluding carboxylic acids is 1.